The number of hydrogen-bond donors (Lipinski definition) is 2. The summed E-state index contributed by atoms with van der Waals surface area (Å²) in [7, 11) is 0. The molecule has 7 nitrogen and oxygen atoms in total. The average molecular weight is 631 g/mol. The van der Waals surface area contributed by atoms with Gasteiger partial charge in [0.2, 0.25) is 0 Å². The smallest absolute Gasteiger partial charge is 0.410 e. The Labute approximate surface area is 227 Å². The van der Waals surface area contributed by atoms with Crippen LogP contribution in [-0.2, 0) is 4.74 Å². The van der Waals surface area contributed by atoms with Crippen LogP contribution in [0.4, 0.5) is 29.3 Å². The van der Waals surface area contributed by atoms with E-state index in [9.17, 15) is 27.9 Å². The van der Waals surface area contributed by atoms with Crippen molar-refractivity contribution in [2.45, 2.75) is 57.3 Å². The number of carbonyl (C=O) groups is 2. The number of carbonyl (C=O) groups excluding carboxylic acids is 2. The van der Waals surface area contributed by atoms with Crippen molar-refractivity contribution in [1.29, 1.82) is 0 Å². The predicted octanol–water partition coefficient (Wildman–Crippen LogP) is 5.43. The van der Waals surface area contributed by atoms with Gasteiger partial charge < -0.3 is 25.0 Å². The number of halogens is 4. The molecule has 4 rings (SSSR count). The summed E-state index contributed by atoms with van der Waals surface area (Å²) in [5.74, 6) is -3.85. The van der Waals surface area contributed by atoms with E-state index < -0.39 is 52.4 Å². The molecule has 2 saturated heterocycles. The van der Waals surface area contributed by atoms with E-state index in [1.807, 2.05) is 22.6 Å². The lowest BCUT2D eigenvalue weighted by Gasteiger charge is -2.54. The zero-order valence-corrected chi connectivity index (χ0v) is 22.9. The molecule has 0 aliphatic carbocycles. The predicted molar refractivity (Wildman–Crippen MR) is 140 cm³/mol. The first-order chi connectivity index (χ1) is 17.3. The van der Waals surface area contributed by atoms with Crippen LogP contribution in [0.15, 0.2) is 30.3 Å². The van der Waals surface area contributed by atoms with Gasteiger partial charge >= 0.3 is 6.09 Å². The summed E-state index contributed by atoms with van der Waals surface area (Å²) in [6.07, 6.45) is 1.59. The molecule has 11 heteroatoms. The molecule has 2 N–H and O–H groups in total. The Morgan fingerprint density at radius 2 is 1.81 bits per heavy atom. The van der Waals surface area contributed by atoms with Crippen LogP contribution < -0.4 is 5.32 Å². The average Bonchev–Trinajstić information content (AvgIpc) is 2.80. The highest BCUT2D eigenvalue weighted by atomic mass is 127. The fourth-order valence-electron chi connectivity index (χ4n) is 4.75. The minimum absolute atomic E-state index is 0.105. The minimum atomic E-state index is -1.37. The molecule has 2 aromatic carbocycles. The number of piperidine rings is 1. The highest BCUT2D eigenvalue weighted by Crippen LogP contribution is 2.37. The van der Waals surface area contributed by atoms with Crippen molar-refractivity contribution in [2.75, 3.05) is 25.0 Å². The number of anilines is 2. The van der Waals surface area contributed by atoms with Gasteiger partial charge in [-0.05, 0) is 93.0 Å². The molecule has 0 radical (unpaired) electrons. The first kappa shape index (κ1) is 27.5. The Kier molecular flexibility index (Phi) is 7.67. The third-order valence-corrected chi connectivity index (χ3v) is 7.15. The second kappa shape index (κ2) is 10.3. The molecule has 2 amide bonds. The van der Waals surface area contributed by atoms with Gasteiger partial charge in [0.05, 0.1) is 36.1 Å². The van der Waals surface area contributed by atoms with Gasteiger partial charge in [0.15, 0.2) is 11.6 Å². The SMILES string of the molecule is CC(C)(C)OC(=O)N1CCCCC1C1(O)CN(C(=O)c2ccc(F)c(F)c2Nc2ccc(I)cc2F)C1. The molecule has 0 aromatic heterocycles. The van der Waals surface area contributed by atoms with Crippen LogP contribution >= 0.6 is 22.6 Å². The standard InChI is InChI=1S/C26H29F3IN3O4/c1-25(2,3)37-24(35)33-11-5-4-6-20(33)26(36)13-32(14-26)23(34)16-8-9-17(27)21(29)22(16)31-19-10-7-15(30)12-18(19)28/h7-10,12,20,31,36H,4-6,11,13-14H2,1-3H3. The van der Waals surface area contributed by atoms with E-state index in [4.69, 9.17) is 4.74 Å². The van der Waals surface area contributed by atoms with Crippen LogP contribution in [0.2, 0.25) is 0 Å². The summed E-state index contributed by atoms with van der Waals surface area (Å²) in [6, 6.07) is 5.57. The van der Waals surface area contributed by atoms with Crippen LogP contribution in [0.5, 0.6) is 0 Å². The van der Waals surface area contributed by atoms with Crippen LogP contribution in [0, 0.1) is 21.0 Å². The van der Waals surface area contributed by atoms with Crippen molar-refractivity contribution in [1.82, 2.24) is 9.80 Å². The van der Waals surface area contributed by atoms with Crippen molar-refractivity contribution in [3.05, 3.63) is 56.9 Å². The van der Waals surface area contributed by atoms with Crippen molar-refractivity contribution >= 4 is 46.0 Å². The van der Waals surface area contributed by atoms with Gasteiger partial charge in [0.25, 0.3) is 5.91 Å². The maximum absolute atomic E-state index is 14.8. The molecule has 0 spiro atoms. The molecule has 2 fully saturated rings. The van der Waals surface area contributed by atoms with Crippen molar-refractivity contribution in [3.8, 4) is 0 Å². The molecule has 1 atom stereocenters. The number of aliphatic hydroxyl groups is 1. The number of likely N-dealkylation sites (tertiary alicyclic amines) is 2. The van der Waals surface area contributed by atoms with Crippen molar-refractivity contribution < 1.29 is 32.6 Å². The van der Waals surface area contributed by atoms with Crippen LogP contribution in [0.1, 0.15) is 50.4 Å². The quantitative estimate of drug-likeness (QED) is 0.441. The second-order valence-electron chi connectivity index (χ2n) is 10.5. The Morgan fingerprint density at radius 3 is 2.46 bits per heavy atom. The van der Waals surface area contributed by atoms with Gasteiger partial charge in [-0.3, -0.25) is 4.79 Å². The molecule has 0 bridgehead atoms. The van der Waals surface area contributed by atoms with E-state index in [0.29, 0.717) is 16.5 Å². The highest BCUT2D eigenvalue weighted by Gasteiger charge is 2.53. The lowest BCUT2D eigenvalue weighted by Crippen LogP contribution is -2.73. The number of ether oxygens (including phenoxy) is 1. The molecular formula is C26H29F3IN3O4. The highest BCUT2D eigenvalue weighted by molar-refractivity contribution is 14.1. The van der Waals surface area contributed by atoms with E-state index in [1.165, 1.54) is 21.9 Å². The molecule has 2 aromatic rings. The first-order valence-corrected chi connectivity index (χ1v) is 13.1. The lowest BCUT2D eigenvalue weighted by molar-refractivity contribution is -0.137. The number of nitrogens with zero attached hydrogens (tertiary/aromatic N) is 2. The maximum Gasteiger partial charge on any atom is 0.410 e. The van der Waals surface area contributed by atoms with E-state index in [1.54, 1.807) is 26.8 Å². The van der Waals surface area contributed by atoms with Crippen molar-refractivity contribution in [2.24, 2.45) is 0 Å². The van der Waals surface area contributed by atoms with E-state index in [-0.39, 0.29) is 24.3 Å². The van der Waals surface area contributed by atoms with Gasteiger partial charge in [0.1, 0.15) is 17.0 Å². The van der Waals surface area contributed by atoms with Gasteiger partial charge in [0, 0.05) is 10.1 Å². The molecule has 200 valence electrons. The number of amides is 2. The van der Waals surface area contributed by atoms with Crippen molar-refractivity contribution in [3.63, 3.8) is 0 Å². The molecule has 2 heterocycles. The van der Waals surface area contributed by atoms with E-state index in [0.717, 1.165) is 25.0 Å². The van der Waals surface area contributed by atoms with E-state index in [2.05, 4.69) is 5.32 Å². The topological polar surface area (TPSA) is 82.1 Å². The fraction of sp³-hybridized carbons (Fsp3) is 0.462. The summed E-state index contributed by atoms with van der Waals surface area (Å²) < 4.78 is 49.4. The second-order valence-corrected chi connectivity index (χ2v) is 11.7. The van der Waals surface area contributed by atoms with E-state index >= 15 is 0 Å². The Bertz CT molecular complexity index is 1210. The molecule has 2 aliphatic heterocycles. The zero-order chi connectivity index (χ0) is 27.1. The number of rotatable bonds is 4. The number of nitrogens with one attached hydrogen (secondary N) is 1. The maximum atomic E-state index is 14.8. The summed E-state index contributed by atoms with van der Waals surface area (Å²) in [5.41, 5.74) is -2.88. The lowest BCUT2D eigenvalue weighted by atomic mass is 9.80. The van der Waals surface area contributed by atoms with Crippen LogP contribution in [0.3, 0.4) is 0 Å². The third kappa shape index (κ3) is 5.82. The largest absolute Gasteiger partial charge is 0.444 e. The number of hydrogen-bond acceptors (Lipinski definition) is 5. The summed E-state index contributed by atoms with van der Waals surface area (Å²) >= 11 is 1.92. The molecule has 0 saturated carbocycles. The third-order valence-electron chi connectivity index (χ3n) is 6.48. The van der Waals surface area contributed by atoms with Crippen LogP contribution in [0.25, 0.3) is 0 Å². The molecule has 2 aliphatic rings. The monoisotopic (exact) mass is 631 g/mol. The summed E-state index contributed by atoms with van der Waals surface area (Å²) in [6.45, 7) is 5.50. The molecular weight excluding hydrogens is 602 g/mol. The van der Waals surface area contributed by atoms with Gasteiger partial charge in [-0.25, -0.2) is 18.0 Å². The first-order valence-electron chi connectivity index (χ1n) is 12.0. The Balaban J connectivity index is 1.54. The fourth-order valence-corrected chi connectivity index (χ4v) is 5.20. The van der Waals surface area contributed by atoms with Gasteiger partial charge in [-0.15, -0.1) is 0 Å². The van der Waals surface area contributed by atoms with Crippen LogP contribution in [-0.4, -0.2) is 63.8 Å². The van der Waals surface area contributed by atoms with Gasteiger partial charge in [-0.1, -0.05) is 0 Å². The Hall–Kier alpha value is -2.54. The van der Waals surface area contributed by atoms with Gasteiger partial charge in [-0.2, -0.15) is 0 Å². The number of benzene rings is 2. The minimum Gasteiger partial charge on any atom is -0.444 e. The molecule has 1 unspecified atom stereocenters. The molecule has 37 heavy (non-hydrogen) atoms. The number of β-amino-alcohol motifs (C(OH)–C–C–N with tert-alkyl or cyclic N) is 1. The summed E-state index contributed by atoms with van der Waals surface area (Å²) in [4.78, 5) is 28.9. The summed E-state index contributed by atoms with van der Waals surface area (Å²) in [5, 5.41) is 13.9. The Morgan fingerprint density at radius 1 is 1.11 bits per heavy atom. The normalized spacial score (nSPS) is 19.3. The zero-order valence-electron chi connectivity index (χ0n) is 20.8.